The van der Waals surface area contributed by atoms with Crippen molar-refractivity contribution in [1.82, 2.24) is 9.97 Å². The molecule has 3 heterocycles. The SMILES string of the molecule is COc1cc(/C(O)=C2\C(=O)C(=O)N(c3nc4cc(OC)c(OC)cc4[nH]3)C2c2cccs2)c(OC)cc1Cl. The average molecular weight is 556 g/mol. The van der Waals surface area contributed by atoms with Gasteiger partial charge in [0, 0.05) is 23.1 Å². The second-order valence-corrected chi connectivity index (χ2v) is 9.54. The standard InChI is InChI=1S/C26H22ClN3O7S/c1-34-16-9-13(27)17(35-2)8-12(16)23(31)21-22(20-6-5-7-38-20)30(25(33)24(21)32)26-28-14-10-18(36-3)19(37-4)11-15(14)29-26/h5-11,22,31H,1-4H3,(H,28,29)/b23-21+. The first-order valence-corrected chi connectivity index (χ1v) is 12.5. The van der Waals surface area contributed by atoms with Gasteiger partial charge in [-0.3, -0.25) is 14.5 Å². The third kappa shape index (κ3) is 4.00. The van der Waals surface area contributed by atoms with Gasteiger partial charge < -0.3 is 29.0 Å². The van der Waals surface area contributed by atoms with Crippen molar-refractivity contribution in [3.8, 4) is 23.0 Å². The van der Waals surface area contributed by atoms with Crippen LogP contribution < -0.4 is 23.8 Å². The fourth-order valence-electron chi connectivity index (χ4n) is 4.40. The second-order valence-electron chi connectivity index (χ2n) is 8.16. The van der Waals surface area contributed by atoms with Crippen molar-refractivity contribution in [3.63, 3.8) is 0 Å². The van der Waals surface area contributed by atoms with E-state index in [9.17, 15) is 14.7 Å². The molecule has 1 amide bonds. The molecular formula is C26H22ClN3O7S. The minimum Gasteiger partial charge on any atom is -0.507 e. The summed E-state index contributed by atoms with van der Waals surface area (Å²) in [6.45, 7) is 0. The lowest BCUT2D eigenvalue weighted by atomic mass is 9.99. The molecule has 2 aromatic carbocycles. The summed E-state index contributed by atoms with van der Waals surface area (Å²) in [6.07, 6.45) is 0. The molecule has 1 aliphatic rings. The van der Waals surface area contributed by atoms with E-state index in [2.05, 4.69) is 9.97 Å². The number of aliphatic hydroxyl groups excluding tert-OH is 1. The predicted octanol–water partition coefficient (Wildman–Crippen LogP) is 4.94. The first-order valence-electron chi connectivity index (χ1n) is 11.2. The van der Waals surface area contributed by atoms with E-state index in [0.717, 1.165) is 0 Å². The first kappa shape index (κ1) is 25.4. The number of imidazole rings is 1. The highest BCUT2D eigenvalue weighted by atomic mass is 35.5. The number of halogens is 1. The third-order valence-corrected chi connectivity index (χ3v) is 7.41. The van der Waals surface area contributed by atoms with Crippen molar-refractivity contribution < 1.29 is 33.6 Å². The normalized spacial score (nSPS) is 16.8. The number of aliphatic hydroxyl groups is 1. The molecule has 38 heavy (non-hydrogen) atoms. The Balaban J connectivity index is 1.72. The number of aromatic nitrogens is 2. The van der Waals surface area contributed by atoms with Gasteiger partial charge in [-0.2, -0.15) is 0 Å². The number of Topliss-reactive ketones (excluding diaryl/α,β-unsaturated/α-hetero) is 1. The Bertz CT molecular complexity index is 1560. The molecule has 5 rings (SSSR count). The number of ether oxygens (including phenoxy) is 4. The number of nitrogens with one attached hydrogen (secondary N) is 1. The van der Waals surface area contributed by atoms with E-state index >= 15 is 0 Å². The fourth-order valence-corrected chi connectivity index (χ4v) is 5.45. The summed E-state index contributed by atoms with van der Waals surface area (Å²) in [4.78, 5) is 36.5. The minimum absolute atomic E-state index is 0.121. The van der Waals surface area contributed by atoms with Crippen molar-refractivity contribution in [2.75, 3.05) is 33.3 Å². The van der Waals surface area contributed by atoms with Crippen LogP contribution in [0.4, 0.5) is 5.95 Å². The summed E-state index contributed by atoms with van der Waals surface area (Å²) >= 11 is 7.56. The molecule has 1 saturated heterocycles. The van der Waals surface area contributed by atoms with Crippen LogP contribution in [0.1, 0.15) is 16.5 Å². The monoisotopic (exact) mass is 555 g/mol. The highest BCUT2D eigenvalue weighted by molar-refractivity contribution is 7.10. The van der Waals surface area contributed by atoms with Gasteiger partial charge >= 0.3 is 5.91 Å². The quantitative estimate of drug-likeness (QED) is 0.187. The number of ketones is 1. The van der Waals surface area contributed by atoms with Crippen LogP contribution in [0.3, 0.4) is 0 Å². The van der Waals surface area contributed by atoms with Crippen LogP contribution in [-0.4, -0.2) is 55.2 Å². The van der Waals surface area contributed by atoms with Gasteiger partial charge in [-0.15, -0.1) is 11.3 Å². The molecule has 1 aliphatic heterocycles. The number of hydrogen-bond donors (Lipinski definition) is 2. The van der Waals surface area contributed by atoms with E-state index < -0.39 is 23.5 Å². The number of hydrogen-bond acceptors (Lipinski definition) is 9. The van der Waals surface area contributed by atoms with Crippen LogP contribution in [-0.2, 0) is 9.59 Å². The van der Waals surface area contributed by atoms with Gasteiger partial charge in [-0.25, -0.2) is 4.98 Å². The van der Waals surface area contributed by atoms with Gasteiger partial charge in [0.15, 0.2) is 11.5 Å². The molecule has 2 aromatic heterocycles. The molecular weight excluding hydrogens is 534 g/mol. The van der Waals surface area contributed by atoms with Gasteiger partial charge in [0.25, 0.3) is 5.78 Å². The number of benzene rings is 2. The molecule has 1 fully saturated rings. The molecule has 4 aromatic rings. The van der Waals surface area contributed by atoms with Gasteiger partial charge in [0.1, 0.15) is 23.3 Å². The molecule has 0 spiro atoms. The van der Waals surface area contributed by atoms with Gasteiger partial charge in [0.2, 0.25) is 5.95 Å². The summed E-state index contributed by atoms with van der Waals surface area (Å²) < 4.78 is 21.4. The molecule has 0 radical (unpaired) electrons. The summed E-state index contributed by atoms with van der Waals surface area (Å²) in [5, 5.41) is 13.6. The van der Waals surface area contributed by atoms with E-state index in [1.165, 1.54) is 56.8 Å². The van der Waals surface area contributed by atoms with Crippen LogP contribution in [0.25, 0.3) is 16.8 Å². The number of anilines is 1. The van der Waals surface area contributed by atoms with E-state index in [0.29, 0.717) is 27.4 Å². The van der Waals surface area contributed by atoms with Gasteiger partial charge in [0.05, 0.1) is 55.6 Å². The van der Waals surface area contributed by atoms with E-state index in [4.69, 9.17) is 30.5 Å². The van der Waals surface area contributed by atoms with E-state index in [1.54, 1.807) is 24.3 Å². The third-order valence-electron chi connectivity index (χ3n) is 6.19. The Morgan fingerprint density at radius 2 is 1.68 bits per heavy atom. The van der Waals surface area contributed by atoms with Crippen LogP contribution in [0.5, 0.6) is 23.0 Å². The number of methoxy groups -OCH3 is 4. The van der Waals surface area contributed by atoms with Gasteiger partial charge in [-0.1, -0.05) is 17.7 Å². The number of H-pyrrole nitrogens is 1. The zero-order valence-corrected chi connectivity index (χ0v) is 22.3. The number of carbonyl (C=O) groups excluding carboxylic acids is 2. The number of aromatic amines is 1. The van der Waals surface area contributed by atoms with E-state index in [-0.39, 0.29) is 33.6 Å². The molecule has 1 atom stereocenters. The number of rotatable bonds is 7. The Kier molecular flexibility index (Phi) is 6.64. The van der Waals surface area contributed by atoms with Gasteiger partial charge in [-0.05, 0) is 17.5 Å². The van der Waals surface area contributed by atoms with Crippen molar-refractivity contribution >= 4 is 57.4 Å². The minimum atomic E-state index is -0.967. The zero-order valence-electron chi connectivity index (χ0n) is 20.7. The topological polar surface area (TPSA) is 123 Å². The Morgan fingerprint density at radius 3 is 2.32 bits per heavy atom. The zero-order chi connectivity index (χ0) is 27.1. The first-order chi connectivity index (χ1) is 18.3. The molecule has 0 saturated carbocycles. The number of nitrogens with zero attached hydrogens (tertiary/aromatic N) is 2. The van der Waals surface area contributed by atoms with Crippen molar-refractivity contribution in [2.45, 2.75) is 6.04 Å². The van der Waals surface area contributed by atoms with Crippen molar-refractivity contribution in [1.29, 1.82) is 0 Å². The lowest BCUT2D eigenvalue weighted by molar-refractivity contribution is -0.132. The molecule has 2 N–H and O–H groups in total. The molecule has 1 unspecified atom stereocenters. The van der Waals surface area contributed by atoms with Crippen LogP contribution >= 0.6 is 22.9 Å². The molecule has 0 aliphatic carbocycles. The maximum atomic E-state index is 13.5. The average Bonchev–Trinajstić information content (AvgIpc) is 3.65. The summed E-state index contributed by atoms with van der Waals surface area (Å²) in [5.41, 5.74) is 1.07. The maximum Gasteiger partial charge on any atom is 0.302 e. The Hall–Kier alpha value is -4.22. The smallest absolute Gasteiger partial charge is 0.302 e. The number of fused-ring (bicyclic) bond motifs is 1. The fraction of sp³-hybridized carbons (Fsp3) is 0.192. The Labute approximate surface area is 226 Å². The lowest BCUT2D eigenvalue weighted by Crippen LogP contribution is -2.30. The Morgan fingerprint density at radius 1 is 1.00 bits per heavy atom. The van der Waals surface area contributed by atoms with E-state index in [1.807, 2.05) is 5.38 Å². The highest BCUT2D eigenvalue weighted by Gasteiger charge is 2.49. The largest absolute Gasteiger partial charge is 0.507 e. The second kappa shape index (κ2) is 9.92. The summed E-state index contributed by atoms with van der Waals surface area (Å²) in [6, 6.07) is 8.87. The molecule has 196 valence electrons. The number of amides is 1. The molecule has 10 nitrogen and oxygen atoms in total. The maximum absolute atomic E-state index is 13.5. The highest BCUT2D eigenvalue weighted by Crippen LogP contribution is 2.45. The van der Waals surface area contributed by atoms with Crippen molar-refractivity contribution in [2.24, 2.45) is 0 Å². The van der Waals surface area contributed by atoms with Crippen molar-refractivity contribution in [3.05, 3.63) is 62.8 Å². The predicted molar refractivity (Wildman–Crippen MR) is 143 cm³/mol. The molecule has 0 bridgehead atoms. The van der Waals surface area contributed by atoms with Crippen LogP contribution in [0.2, 0.25) is 5.02 Å². The summed E-state index contributed by atoms with van der Waals surface area (Å²) in [7, 11) is 5.85. The lowest BCUT2D eigenvalue weighted by Gasteiger charge is -2.22. The number of carbonyl (C=O) groups is 2. The number of thiophene rings is 1. The van der Waals surface area contributed by atoms with Crippen LogP contribution in [0, 0.1) is 0 Å². The van der Waals surface area contributed by atoms with Crippen LogP contribution in [0.15, 0.2) is 47.4 Å². The summed E-state index contributed by atoms with van der Waals surface area (Å²) in [5.74, 6) is -0.667. The molecule has 12 heteroatoms.